The zero-order valence-electron chi connectivity index (χ0n) is 12.9. The molecular weight excluding hydrogens is 331 g/mol. The first-order chi connectivity index (χ1) is 9.90. The van der Waals surface area contributed by atoms with Gasteiger partial charge < -0.3 is 5.32 Å². The van der Waals surface area contributed by atoms with Crippen molar-refractivity contribution in [2.24, 2.45) is 0 Å². The van der Waals surface area contributed by atoms with E-state index in [0.717, 1.165) is 23.1 Å². The van der Waals surface area contributed by atoms with Gasteiger partial charge in [-0.05, 0) is 44.9 Å². The highest BCUT2D eigenvalue weighted by atomic mass is 79.9. The molecule has 2 nitrogen and oxygen atoms in total. The number of nitrogens with zero attached hydrogens (tertiary/aromatic N) is 1. The zero-order valence-corrected chi connectivity index (χ0v) is 14.5. The van der Waals surface area contributed by atoms with Crippen molar-refractivity contribution in [3.05, 3.63) is 34.1 Å². The molecule has 1 saturated carbocycles. The molecule has 0 bridgehead atoms. The van der Waals surface area contributed by atoms with Crippen molar-refractivity contribution in [1.29, 1.82) is 0 Å². The van der Waals surface area contributed by atoms with E-state index in [1.165, 1.54) is 25.7 Å². The maximum Gasteiger partial charge on any atom is 0.127 e. The van der Waals surface area contributed by atoms with Crippen molar-refractivity contribution in [2.75, 3.05) is 13.1 Å². The number of hydrogen-bond donors (Lipinski definition) is 1. The van der Waals surface area contributed by atoms with E-state index in [0.29, 0.717) is 6.54 Å². The van der Waals surface area contributed by atoms with Gasteiger partial charge in [-0.1, -0.05) is 28.8 Å². The van der Waals surface area contributed by atoms with Gasteiger partial charge in [0.25, 0.3) is 0 Å². The molecule has 1 N–H and O–H groups in total. The Balaban J connectivity index is 1.87. The van der Waals surface area contributed by atoms with Crippen molar-refractivity contribution in [1.82, 2.24) is 10.2 Å². The van der Waals surface area contributed by atoms with Crippen LogP contribution in [-0.2, 0) is 6.54 Å². The summed E-state index contributed by atoms with van der Waals surface area (Å²) in [7, 11) is 0. The van der Waals surface area contributed by atoms with Crippen LogP contribution in [0.2, 0.25) is 0 Å². The molecule has 0 aromatic heterocycles. The molecule has 21 heavy (non-hydrogen) atoms. The van der Waals surface area contributed by atoms with E-state index in [1.54, 1.807) is 12.1 Å². The summed E-state index contributed by atoms with van der Waals surface area (Å²) < 4.78 is 15.1. The summed E-state index contributed by atoms with van der Waals surface area (Å²) in [6.07, 6.45) is 5.04. The Morgan fingerprint density at radius 3 is 2.71 bits per heavy atom. The topological polar surface area (TPSA) is 15.3 Å². The van der Waals surface area contributed by atoms with E-state index in [9.17, 15) is 4.39 Å². The average molecular weight is 355 g/mol. The lowest BCUT2D eigenvalue weighted by Gasteiger charge is -2.51. The molecule has 0 amide bonds. The number of rotatable bonds is 2. The fraction of sp³-hybridized carbons (Fsp3) is 0.647. The number of nitrogens with one attached hydrogen (secondary N) is 1. The van der Waals surface area contributed by atoms with Crippen LogP contribution >= 0.6 is 15.9 Å². The van der Waals surface area contributed by atoms with Crippen molar-refractivity contribution in [3.8, 4) is 0 Å². The predicted octanol–water partition coefficient (Wildman–Crippen LogP) is 4.08. The molecule has 1 heterocycles. The third-order valence-electron chi connectivity index (χ3n) is 5.06. The molecule has 2 aliphatic rings. The summed E-state index contributed by atoms with van der Waals surface area (Å²) in [6, 6.07) is 5.26. The van der Waals surface area contributed by atoms with E-state index in [-0.39, 0.29) is 16.9 Å². The van der Waals surface area contributed by atoms with Crippen LogP contribution < -0.4 is 5.32 Å². The third kappa shape index (κ3) is 3.17. The normalized spacial score (nSPS) is 24.6. The van der Waals surface area contributed by atoms with Crippen LogP contribution in [0.15, 0.2) is 22.7 Å². The van der Waals surface area contributed by atoms with Crippen molar-refractivity contribution in [2.45, 2.75) is 57.2 Å². The lowest BCUT2D eigenvalue weighted by Crippen LogP contribution is -2.67. The molecule has 1 saturated heterocycles. The van der Waals surface area contributed by atoms with Crippen LogP contribution in [0.4, 0.5) is 4.39 Å². The Morgan fingerprint density at radius 1 is 1.29 bits per heavy atom. The SMILES string of the molecule is CC1(C)CN(Cc2cc(Br)ccc2F)C2(CCCC2)CN1. The smallest absolute Gasteiger partial charge is 0.127 e. The van der Waals surface area contributed by atoms with Gasteiger partial charge in [0, 0.05) is 40.7 Å². The van der Waals surface area contributed by atoms with Gasteiger partial charge in [-0.2, -0.15) is 0 Å². The van der Waals surface area contributed by atoms with Crippen LogP contribution in [0.3, 0.4) is 0 Å². The van der Waals surface area contributed by atoms with Crippen molar-refractivity contribution >= 4 is 15.9 Å². The van der Waals surface area contributed by atoms with E-state index in [4.69, 9.17) is 0 Å². The van der Waals surface area contributed by atoms with Crippen molar-refractivity contribution < 1.29 is 4.39 Å². The molecule has 2 fully saturated rings. The van der Waals surface area contributed by atoms with E-state index < -0.39 is 0 Å². The van der Waals surface area contributed by atoms with Gasteiger partial charge in [0.05, 0.1) is 0 Å². The van der Waals surface area contributed by atoms with Gasteiger partial charge >= 0.3 is 0 Å². The zero-order chi connectivity index (χ0) is 15.1. The van der Waals surface area contributed by atoms with Gasteiger partial charge in [0.1, 0.15) is 5.82 Å². The van der Waals surface area contributed by atoms with E-state index >= 15 is 0 Å². The Kier molecular flexibility index (Phi) is 4.15. The molecule has 1 spiro atoms. The molecule has 0 unspecified atom stereocenters. The van der Waals surface area contributed by atoms with Crippen LogP contribution in [-0.4, -0.2) is 29.1 Å². The molecule has 4 heteroatoms. The van der Waals surface area contributed by atoms with E-state index in [1.807, 2.05) is 6.07 Å². The minimum absolute atomic E-state index is 0.0936. The van der Waals surface area contributed by atoms with Crippen LogP contribution in [0.1, 0.15) is 45.1 Å². The molecule has 1 aliphatic carbocycles. The summed E-state index contributed by atoms with van der Waals surface area (Å²) in [5, 5.41) is 3.69. The van der Waals surface area contributed by atoms with Gasteiger partial charge in [-0.3, -0.25) is 4.90 Å². The largest absolute Gasteiger partial charge is 0.309 e. The fourth-order valence-corrected chi connectivity index (χ4v) is 4.24. The Hall–Kier alpha value is -0.450. The van der Waals surface area contributed by atoms with Gasteiger partial charge in [0.2, 0.25) is 0 Å². The molecule has 0 atom stereocenters. The second-order valence-electron chi connectivity index (χ2n) is 7.26. The van der Waals surface area contributed by atoms with Gasteiger partial charge in [-0.15, -0.1) is 0 Å². The summed E-state index contributed by atoms with van der Waals surface area (Å²) in [5.74, 6) is -0.0947. The molecule has 116 valence electrons. The average Bonchev–Trinajstić information content (AvgIpc) is 2.88. The van der Waals surface area contributed by atoms with E-state index in [2.05, 4.69) is 40.0 Å². The van der Waals surface area contributed by atoms with Crippen LogP contribution in [0.5, 0.6) is 0 Å². The van der Waals surface area contributed by atoms with Crippen molar-refractivity contribution in [3.63, 3.8) is 0 Å². The Labute approximate surface area is 135 Å². The maximum atomic E-state index is 14.1. The third-order valence-corrected chi connectivity index (χ3v) is 5.55. The first-order valence-corrected chi connectivity index (χ1v) is 8.64. The summed E-state index contributed by atoms with van der Waals surface area (Å²) in [4.78, 5) is 2.53. The molecule has 1 aromatic carbocycles. The van der Waals surface area contributed by atoms with Gasteiger partial charge in [0.15, 0.2) is 0 Å². The number of piperazine rings is 1. The minimum Gasteiger partial charge on any atom is -0.309 e. The standard InChI is InChI=1S/C17H24BrFN2/c1-16(2)12-21(17(11-20-16)7-3-4-8-17)10-13-9-14(18)5-6-15(13)19/h5-6,9,20H,3-4,7-8,10-12H2,1-2H3. The summed E-state index contributed by atoms with van der Waals surface area (Å²) >= 11 is 3.46. The summed E-state index contributed by atoms with van der Waals surface area (Å²) in [5.41, 5.74) is 1.12. The monoisotopic (exact) mass is 354 g/mol. The highest BCUT2D eigenvalue weighted by molar-refractivity contribution is 9.10. The molecule has 1 aliphatic heterocycles. The molecule has 0 radical (unpaired) electrons. The highest BCUT2D eigenvalue weighted by Gasteiger charge is 2.45. The highest BCUT2D eigenvalue weighted by Crippen LogP contribution is 2.39. The number of halogens is 2. The quantitative estimate of drug-likeness (QED) is 0.860. The predicted molar refractivity (Wildman–Crippen MR) is 87.8 cm³/mol. The van der Waals surface area contributed by atoms with Gasteiger partial charge in [-0.25, -0.2) is 4.39 Å². The fourth-order valence-electron chi connectivity index (χ4n) is 3.84. The summed E-state index contributed by atoms with van der Waals surface area (Å²) in [6.45, 7) is 7.17. The number of hydrogen-bond acceptors (Lipinski definition) is 2. The van der Waals surface area contributed by atoms with Crippen LogP contribution in [0.25, 0.3) is 0 Å². The molecule has 1 aromatic rings. The number of benzene rings is 1. The minimum atomic E-state index is -0.0947. The Morgan fingerprint density at radius 2 is 2.00 bits per heavy atom. The molecular formula is C17H24BrFN2. The molecule has 3 rings (SSSR count). The van der Waals surface area contributed by atoms with Crippen LogP contribution in [0, 0.1) is 5.82 Å². The Bertz CT molecular complexity index is 524. The second kappa shape index (κ2) is 5.64. The maximum absolute atomic E-state index is 14.1. The lowest BCUT2D eigenvalue weighted by atomic mass is 9.86. The first kappa shape index (κ1) is 15.4. The lowest BCUT2D eigenvalue weighted by molar-refractivity contribution is 0.0114. The first-order valence-electron chi connectivity index (χ1n) is 7.84. The second-order valence-corrected chi connectivity index (χ2v) is 8.18.